The van der Waals surface area contributed by atoms with Gasteiger partial charge in [0.15, 0.2) is 11.4 Å². The summed E-state index contributed by atoms with van der Waals surface area (Å²) < 4.78 is 10.3. The summed E-state index contributed by atoms with van der Waals surface area (Å²) >= 11 is 3.22. The van der Waals surface area contributed by atoms with E-state index in [-0.39, 0.29) is 12.3 Å². The number of hydrogen-bond acceptors (Lipinski definition) is 7. The Bertz CT molecular complexity index is 769. The topological polar surface area (TPSA) is 61.3 Å². The van der Waals surface area contributed by atoms with E-state index in [1.165, 1.54) is 13.3 Å². The van der Waals surface area contributed by atoms with Gasteiger partial charge in [-0.05, 0) is 23.6 Å². The largest absolute Gasteiger partial charge is 0.485 e. The predicted octanol–water partition coefficient (Wildman–Crippen LogP) is 3.63. The van der Waals surface area contributed by atoms with Crippen LogP contribution in [0.2, 0.25) is 0 Å². The summed E-state index contributed by atoms with van der Waals surface area (Å²) in [6.07, 6.45) is 1.52. The third kappa shape index (κ3) is 3.15. The van der Waals surface area contributed by atoms with Crippen LogP contribution in [-0.2, 0) is 11.3 Å². The van der Waals surface area contributed by atoms with Crippen molar-refractivity contribution in [1.29, 1.82) is 0 Å². The lowest BCUT2D eigenvalue weighted by atomic mass is 10.3. The number of aromatic nitrogens is 2. The molecule has 0 atom stereocenters. The number of esters is 1. The highest BCUT2D eigenvalue weighted by Crippen LogP contribution is 2.28. The van der Waals surface area contributed by atoms with Crippen molar-refractivity contribution in [2.45, 2.75) is 6.61 Å². The molecule has 0 N–H and O–H groups in total. The van der Waals surface area contributed by atoms with Crippen LogP contribution >= 0.6 is 22.7 Å². The molecule has 7 heteroatoms. The highest BCUT2D eigenvalue weighted by atomic mass is 32.1. The van der Waals surface area contributed by atoms with E-state index in [0.717, 1.165) is 15.6 Å². The number of ether oxygens (including phenoxy) is 2. The van der Waals surface area contributed by atoms with Gasteiger partial charge in [-0.3, -0.25) is 0 Å². The minimum atomic E-state index is -0.520. The summed E-state index contributed by atoms with van der Waals surface area (Å²) in [6.45, 7) is 0.275. The molecule has 5 nitrogen and oxygen atoms in total. The number of nitrogens with zero attached hydrogens (tertiary/aromatic N) is 2. The Morgan fingerprint density at radius 2 is 2.18 bits per heavy atom. The molecule has 0 aliphatic heterocycles. The van der Waals surface area contributed by atoms with E-state index in [0.29, 0.717) is 5.75 Å². The number of thiazole rings is 1. The van der Waals surface area contributed by atoms with Gasteiger partial charge in [-0.25, -0.2) is 14.8 Å². The molecule has 3 aromatic rings. The Labute approximate surface area is 135 Å². The van der Waals surface area contributed by atoms with Crippen molar-refractivity contribution in [3.63, 3.8) is 0 Å². The molecule has 0 radical (unpaired) electrons. The lowest BCUT2D eigenvalue weighted by Crippen LogP contribution is -2.08. The third-order valence-corrected chi connectivity index (χ3v) is 4.74. The van der Waals surface area contributed by atoms with Crippen LogP contribution in [0.15, 0.2) is 41.2 Å². The van der Waals surface area contributed by atoms with Gasteiger partial charge in [0, 0.05) is 11.6 Å². The van der Waals surface area contributed by atoms with Crippen LogP contribution in [0.25, 0.3) is 9.88 Å². The molecule has 0 aromatic carbocycles. The van der Waals surface area contributed by atoms with Crippen LogP contribution in [0.3, 0.4) is 0 Å². The van der Waals surface area contributed by atoms with Crippen molar-refractivity contribution in [1.82, 2.24) is 9.97 Å². The zero-order valence-electron chi connectivity index (χ0n) is 11.7. The molecule has 22 heavy (non-hydrogen) atoms. The normalized spacial score (nSPS) is 10.4. The van der Waals surface area contributed by atoms with Crippen molar-refractivity contribution in [3.05, 3.63) is 52.6 Å². The summed E-state index contributed by atoms with van der Waals surface area (Å²) in [6, 6.07) is 7.42. The minimum Gasteiger partial charge on any atom is -0.485 e. The van der Waals surface area contributed by atoms with Gasteiger partial charge in [-0.2, -0.15) is 0 Å². The summed E-state index contributed by atoms with van der Waals surface area (Å²) in [7, 11) is 1.31. The van der Waals surface area contributed by atoms with Crippen LogP contribution in [0.4, 0.5) is 0 Å². The van der Waals surface area contributed by atoms with Crippen LogP contribution in [0, 0.1) is 0 Å². The fraction of sp³-hybridized carbons (Fsp3) is 0.133. The van der Waals surface area contributed by atoms with E-state index in [9.17, 15) is 4.79 Å². The number of pyridine rings is 1. The molecular formula is C15H12N2O3S2. The number of methoxy groups -OCH3 is 1. The Kier molecular flexibility index (Phi) is 4.45. The standard InChI is InChI=1S/C15H12N2O3S2/c1-19-15(18)13-11(4-2-6-16-13)20-8-10-9-22-14(17-10)12-5-3-7-21-12/h2-7,9H,8H2,1H3. The molecule has 3 heterocycles. The second-order valence-corrected chi connectivity index (χ2v) is 6.06. The molecule has 112 valence electrons. The lowest BCUT2D eigenvalue weighted by Gasteiger charge is -2.07. The van der Waals surface area contributed by atoms with E-state index in [1.807, 2.05) is 22.9 Å². The van der Waals surface area contributed by atoms with Gasteiger partial charge in [-0.1, -0.05) is 6.07 Å². The molecule has 0 bridgehead atoms. The molecule has 3 aromatic heterocycles. The Morgan fingerprint density at radius 1 is 1.27 bits per heavy atom. The average molecular weight is 332 g/mol. The number of hydrogen-bond donors (Lipinski definition) is 0. The van der Waals surface area contributed by atoms with Crippen molar-refractivity contribution < 1.29 is 14.3 Å². The van der Waals surface area contributed by atoms with Crippen LogP contribution in [0.5, 0.6) is 5.75 Å². The van der Waals surface area contributed by atoms with Crippen molar-refractivity contribution >= 4 is 28.6 Å². The van der Waals surface area contributed by atoms with Gasteiger partial charge in [0.05, 0.1) is 17.7 Å². The third-order valence-electron chi connectivity index (χ3n) is 2.81. The van der Waals surface area contributed by atoms with E-state index in [1.54, 1.807) is 34.8 Å². The fourth-order valence-corrected chi connectivity index (χ4v) is 3.41. The minimum absolute atomic E-state index is 0.165. The van der Waals surface area contributed by atoms with E-state index in [4.69, 9.17) is 4.74 Å². The molecule has 0 saturated heterocycles. The molecule has 0 aliphatic carbocycles. The highest BCUT2D eigenvalue weighted by Gasteiger charge is 2.15. The molecule has 0 unspecified atom stereocenters. The molecule has 0 saturated carbocycles. The molecular weight excluding hydrogens is 320 g/mol. The molecule has 0 aliphatic rings. The van der Waals surface area contributed by atoms with Gasteiger partial charge in [0.25, 0.3) is 0 Å². The molecule has 0 fully saturated rings. The smallest absolute Gasteiger partial charge is 0.360 e. The summed E-state index contributed by atoms with van der Waals surface area (Å²) in [4.78, 5) is 21.3. The first-order valence-electron chi connectivity index (χ1n) is 6.42. The SMILES string of the molecule is COC(=O)c1ncccc1OCc1csc(-c2cccs2)n1. The quantitative estimate of drug-likeness (QED) is 0.668. The van der Waals surface area contributed by atoms with Crippen molar-refractivity contribution in [3.8, 4) is 15.6 Å². The van der Waals surface area contributed by atoms with Crippen LogP contribution in [0.1, 0.15) is 16.2 Å². The van der Waals surface area contributed by atoms with Gasteiger partial charge >= 0.3 is 5.97 Å². The summed E-state index contributed by atoms with van der Waals surface area (Å²) in [5, 5.41) is 4.93. The molecule has 3 rings (SSSR count). The average Bonchev–Trinajstić information content (AvgIpc) is 3.23. The zero-order chi connectivity index (χ0) is 15.4. The lowest BCUT2D eigenvalue weighted by molar-refractivity contribution is 0.0588. The Balaban J connectivity index is 1.72. The maximum atomic E-state index is 11.6. The van der Waals surface area contributed by atoms with Gasteiger partial charge < -0.3 is 9.47 Å². The first-order chi connectivity index (χ1) is 10.8. The van der Waals surface area contributed by atoms with Gasteiger partial charge in [0.1, 0.15) is 11.6 Å². The van der Waals surface area contributed by atoms with Crippen molar-refractivity contribution in [2.75, 3.05) is 7.11 Å². The van der Waals surface area contributed by atoms with Crippen molar-refractivity contribution in [2.24, 2.45) is 0 Å². The van der Waals surface area contributed by atoms with Crippen LogP contribution < -0.4 is 4.74 Å². The maximum absolute atomic E-state index is 11.6. The number of thiophene rings is 1. The summed E-state index contributed by atoms with van der Waals surface area (Å²) in [5.41, 5.74) is 0.978. The first kappa shape index (κ1) is 14.7. The maximum Gasteiger partial charge on any atom is 0.360 e. The van der Waals surface area contributed by atoms with E-state index >= 15 is 0 Å². The number of rotatable bonds is 5. The monoisotopic (exact) mass is 332 g/mol. The second kappa shape index (κ2) is 6.67. The van der Waals surface area contributed by atoms with Crippen LogP contribution in [-0.4, -0.2) is 23.0 Å². The van der Waals surface area contributed by atoms with Gasteiger partial charge in [-0.15, -0.1) is 22.7 Å². The second-order valence-electron chi connectivity index (χ2n) is 4.25. The van der Waals surface area contributed by atoms with E-state index < -0.39 is 5.97 Å². The molecule has 0 amide bonds. The first-order valence-corrected chi connectivity index (χ1v) is 8.18. The zero-order valence-corrected chi connectivity index (χ0v) is 13.3. The summed E-state index contributed by atoms with van der Waals surface area (Å²) in [5.74, 6) is -0.131. The Morgan fingerprint density at radius 3 is 2.95 bits per heavy atom. The Hall–Kier alpha value is -2.25. The number of carbonyl (C=O) groups is 1. The van der Waals surface area contributed by atoms with E-state index in [2.05, 4.69) is 14.7 Å². The van der Waals surface area contributed by atoms with Gasteiger partial charge in [0.2, 0.25) is 0 Å². The predicted molar refractivity (Wildman–Crippen MR) is 85.3 cm³/mol. The highest BCUT2D eigenvalue weighted by molar-refractivity contribution is 7.20. The molecule has 0 spiro atoms. The number of carbonyl (C=O) groups excluding carboxylic acids is 1. The fourth-order valence-electron chi connectivity index (χ4n) is 1.80.